The second-order valence-electron chi connectivity index (χ2n) is 7.14. The molecule has 28 heavy (non-hydrogen) atoms. The lowest BCUT2D eigenvalue weighted by Gasteiger charge is -2.32. The van der Waals surface area contributed by atoms with Crippen molar-refractivity contribution in [2.45, 2.75) is 25.9 Å². The van der Waals surface area contributed by atoms with Gasteiger partial charge in [0.05, 0.1) is 11.0 Å². The van der Waals surface area contributed by atoms with Gasteiger partial charge in [0, 0.05) is 44.5 Å². The highest BCUT2D eigenvalue weighted by atomic mass is 16.1. The van der Waals surface area contributed by atoms with Crippen LogP contribution in [0.5, 0.6) is 0 Å². The standard InChI is InChI=1S/C22H25N5O/c1-2-12-27-20-8-4-3-7-19(20)25-22(27)26-13-9-18(10-14-26)21(28)24-16-17-6-5-11-23-15-17/h2-8,11,15,18H,1,9-10,12-14,16H2,(H,24,28). The summed E-state index contributed by atoms with van der Waals surface area (Å²) in [5.41, 5.74) is 3.14. The summed E-state index contributed by atoms with van der Waals surface area (Å²) in [5.74, 6) is 1.14. The van der Waals surface area contributed by atoms with E-state index in [0.717, 1.165) is 55.0 Å². The summed E-state index contributed by atoms with van der Waals surface area (Å²) in [4.78, 5) is 23.7. The maximum Gasteiger partial charge on any atom is 0.223 e. The number of fused-ring (bicyclic) bond motifs is 1. The minimum Gasteiger partial charge on any atom is -0.352 e. The summed E-state index contributed by atoms with van der Waals surface area (Å²) in [6.07, 6.45) is 7.08. The fourth-order valence-electron chi connectivity index (χ4n) is 3.79. The van der Waals surface area contributed by atoms with Gasteiger partial charge >= 0.3 is 0 Å². The Morgan fingerprint density at radius 3 is 2.79 bits per heavy atom. The van der Waals surface area contributed by atoms with Gasteiger partial charge in [-0.2, -0.15) is 0 Å². The molecular formula is C22H25N5O. The summed E-state index contributed by atoms with van der Waals surface area (Å²) in [6, 6.07) is 12.0. The molecule has 6 nitrogen and oxygen atoms in total. The largest absolute Gasteiger partial charge is 0.352 e. The van der Waals surface area contributed by atoms with E-state index in [1.807, 2.05) is 36.4 Å². The average Bonchev–Trinajstić information content (AvgIpc) is 3.12. The number of amides is 1. The van der Waals surface area contributed by atoms with Crippen molar-refractivity contribution in [2.24, 2.45) is 5.92 Å². The molecule has 0 spiro atoms. The number of aromatic nitrogens is 3. The molecule has 1 amide bonds. The molecule has 1 aliphatic rings. The first-order valence-electron chi connectivity index (χ1n) is 9.74. The number of nitrogens with zero attached hydrogens (tertiary/aromatic N) is 4. The summed E-state index contributed by atoms with van der Waals surface area (Å²) < 4.78 is 2.20. The lowest BCUT2D eigenvalue weighted by atomic mass is 9.96. The second-order valence-corrected chi connectivity index (χ2v) is 7.14. The van der Waals surface area contributed by atoms with Crippen LogP contribution in [0.4, 0.5) is 5.95 Å². The summed E-state index contributed by atoms with van der Waals surface area (Å²) >= 11 is 0. The van der Waals surface area contributed by atoms with E-state index in [0.29, 0.717) is 6.54 Å². The number of nitrogens with one attached hydrogen (secondary N) is 1. The van der Waals surface area contributed by atoms with Crippen molar-refractivity contribution >= 4 is 22.9 Å². The van der Waals surface area contributed by atoms with Crippen molar-refractivity contribution in [3.8, 4) is 0 Å². The Morgan fingerprint density at radius 1 is 1.21 bits per heavy atom. The third-order valence-corrected chi connectivity index (χ3v) is 5.28. The zero-order chi connectivity index (χ0) is 19.3. The van der Waals surface area contributed by atoms with Crippen LogP contribution in [0.3, 0.4) is 0 Å². The van der Waals surface area contributed by atoms with Crippen LogP contribution in [0, 0.1) is 5.92 Å². The van der Waals surface area contributed by atoms with Gasteiger partial charge in [0.15, 0.2) is 0 Å². The fraction of sp³-hybridized carbons (Fsp3) is 0.318. The molecule has 3 heterocycles. The number of anilines is 1. The SMILES string of the molecule is C=CCn1c(N2CCC(C(=O)NCc3cccnc3)CC2)nc2ccccc21. The molecule has 0 radical (unpaired) electrons. The lowest BCUT2D eigenvalue weighted by Crippen LogP contribution is -2.41. The number of allylic oxidation sites excluding steroid dienone is 1. The predicted molar refractivity (Wildman–Crippen MR) is 111 cm³/mol. The molecule has 1 N–H and O–H groups in total. The quantitative estimate of drug-likeness (QED) is 0.672. The van der Waals surface area contributed by atoms with Gasteiger partial charge in [-0.1, -0.05) is 24.3 Å². The van der Waals surface area contributed by atoms with Crippen molar-refractivity contribution in [2.75, 3.05) is 18.0 Å². The molecule has 0 aliphatic carbocycles. The molecule has 1 aromatic carbocycles. The second kappa shape index (κ2) is 8.25. The normalized spacial score (nSPS) is 14.9. The zero-order valence-electron chi connectivity index (χ0n) is 15.9. The zero-order valence-corrected chi connectivity index (χ0v) is 15.9. The minimum absolute atomic E-state index is 0.0464. The molecule has 0 unspecified atom stereocenters. The molecule has 6 heteroatoms. The van der Waals surface area contributed by atoms with E-state index in [1.165, 1.54) is 0 Å². The number of benzene rings is 1. The van der Waals surface area contributed by atoms with E-state index in [2.05, 4.69) is 32.4 Å². The number of carbonyl (C=O) groups excluding carboxylic acids is 1. The highest BCUT2D eigenvalue weighted by Crippen LogP contribution is 2.27. The maximum absolute atomic E-state index is 12.5. The molecule has 1 aliphatic heterocycles. The van der Waals surface area contributed by atoms with Crippen LogP contribution in [0.1, 0.15) is 18.4 Å². The molecule has 0 atom stereocenters. The van der Waals surface area contributed by atoms with E-state index in [-0.39, 0.29) is 11.8 Å². The van der Waals surface area contributed by atoms with Gasteiger partial charge in [0.25, 0.3) is 0 Å². The van der Waals surface area contributed by atoms with Gasteiger partial charge in [-0.15, -0.1) is 6.58 Å². The fourth-order valence-corrected chi connectivity index (χ4v) is 3.79. The van der Waals surface area contributed by atoms with Crippen molar-refractivity contribution in [1.82, 2.24) is 19.9 Å². The van der Waals surface area contributed by atoms with Crippen LogP contribution in [-0.4, -0.2) is 33.5 Å². The van der Waals surface area contributed by atoms with Crippen LogP contribution in [0.15, 0.2) is 61.4 Å². The molecular weight excluding hydrogens is 350 g/mol. The van der Waals surface area contributed by atoms with Crippen LogP contribution < -0.4 is 10.2 Å². The van der Waals surface area contributed by atoms with Crippen LogP contribution in [0.2, 0.25) is 0 Å². The Balaban J connectivity index is 1.40. The average molecular weight is 375 g/mol. The van der Waals surface area contributed by atoms with Gasteiger partial charge in [-0.3, -0.25) is 9.78 Å². The Bertz CT molecular complexity index is 957. The van der Waals surface area contributed by atoms with Crippen molar-refractivity contribution in [1.29, 1.82) is 0 Å². The number of carbonyl (C=O) groups is 1. The molecule has 2 aromatic heterocycles. The highest BCUT2D eigenvalue weighted by Gasteiger charge is 2.27. The van der Waals surface area contributed by atoms with E-state index < -0.39 is 0 Å². The number of para-hydroxylation sites is 2. The van der Waals surface area contributed by atoms with Crippen LogP contribution in [-0.2, 0) is 17.9 Å². The van der Waals surface area contributed by atoms with E-state index >= 15 is 0 Å². The molecule has 0 saturated carbocycles. The molecule has 144 valence electrons. The molecule has 4 rings (SSSR count). The highest BCUT2D eigenvalue weighted by molar-refractivity contribution is 5.80. The number of pyridine rings is 1. The van der Waals surface area contributed by atoms with Gasteiger partial charge in [0.1, 0.15) is 0 Å². The number of hydrogen-bond acceptors (Lipinski definition) is 4. The third kappa shape index (κ3) is 3.76. The number of rotatable bonds is 6. The Kier molecular flexibility index (Phi) is 5.37. The third-order valence-electron chi connectivity index (χ3n) is 5.28. The maximum atomic E-state index is 12.5. The molecule has 1 saturated heterocycles. The Labute approximate surface area is 164 Å². The monoisotopic (exact) mass is 375 g/mol. The van der Waals surface area contributed by atoms with E-state index in [1.54, 1.807) is 12.4 Å². The van der Waals surface area contributed by atoms with E-state index in [4.69, 9.17) is 4.98 Å². The predicted octanol–water partition coefficient (Wildman–Crippen LogP) is 3.15. The van der Waals surface area contributed by atoms with Crippen molar-refractivity contribution in [3.05, 3.63) is 67.0 Å². The first-order valence-corrected chi connectivity index (χ1v) is 9.74. The van der Waals surface area contributed by atoms with Crippen molar-refractivity contribution in [3.63, 3.8) is 0 Å². The molecule has 3 aromatic rings. The Morgan fingerprint density at radius 2 is 2.04 bits per heavy atom. The minimum atomic E-state index is 0.0464. The van der Waals surface area contributed by atoms with Gasteiger partial charge in [0.2, 0.25) is 11.9 Å². The molecule has 1 fully saturated rings. The van der Waals surface area contributed by atoms with Crippen LogP contribution >= 0.6 is 0 Å². The number of hydrogen-bond donors (Lipinski definition) is 1. The van der Waals surface area contributed by atoms with Gasteiger partial charge in [-0.05, 0) is 36.6 Å². The first kappa shape index (κ1) is 18.2. The van der Waals surface area contributed by atoms with Crippen molar-refractivity contribution < 1.29 is 4.79 Å². The van der Waals surface area contributed by atoms with Gasteiger partial charge in [-0.25, -0.2) is 4.98 Å². The topological polar surface area (TPSA) is 63.1 Å². The smallest absolute Gasteiger partial charge is 0.223 e. The van der Waals surface area contributed by atoms with Crippen LogP contribution in [0.25, 0.3) is 11.0 Å². The number of piperidine rings is 1. The van der Waals surface area contributed by atoms with E-state index in [9.17, 15) is 4.79 Å². The Hall–Kier alpha value is -3.15. The summed E-state index contributed by atoms with van der Waals surface area (Å²) in [5, 5.41) is 3.04. The summed E-state index contributed by atoms with van der Waals surface area (Å²) in [6.45, 7) is 6.79. The first-order chi connectivity index (χ1) is 13.8. The molecule has 0 bridgehead atoms. The van der Waals surface area contributed by atoms with Gasteiger partial charge < -0.3 is 14.8 Å². The lowest BCUT2D eigenvalue weighted by molar-refractivity contribution is -0.125. The summed E-state index contributed by atoms with van der Waals surface area (Å²) in [7, 11) is 0. The number of imidazole rings is 1.